The molecule has 0 fully saturated rings. The zero-order valence-corrected chi connectivity index (χ0v) is 19.6. The summed E-state index contributed by atoms with van der Waals surface area (Å²) >= 11 is 2.60. The fourth-order valence-electron chi connectivity index (χ4n) is 3.09. The molecule has 2 aromatic heterocycles. The first kappa shape index (κ1) is 22.8. The molecule has 0 spiro atoms. The fourth-order valence-corrected chi connectivity index (χ4v) is 5.18. The highest BCUT2D eigenvalue weighted by Gasteiger charge is 2.23. The number of carbonyl (C=O) groups is 2. The second-order valence-corrected chi connectivity index (χ2v) is 9.14. The predicted molar refractivity (Wildman–Crippen MR) is 124 cm³/mol. The van der Waals surface area contributed by atoms with Crippen molar-refractivity contribution in [2.75, 3.05) is 14.2 Å². The van der Waals surface area contributed by atoms with Crippen molar-refractivity contribution < 1.29 is 14.3 Å². The monoisotopic (exact) mass is 460 g/mol. The normalized spacial score (nSPS) is 11.9. The molecule has 3 amide bonds. The average Bonchev–Trinajstić information content (AvgIpc) is 3.09. The molecule has 3 aromatic rings. The number of rotatable bonds is 6. The predicted octanol–water partition coefficient (Wildman–Crippen LogP) is 3.26. The van der Waals surface area contributed by atoms with Crippen molar-refractivity contribution in [3.63, 3.8) is 0 Å². The number of thioether (sulfide) groups is 1. The number of aryl methyl sites for hydroxylation is 2. The van der Waals surface area contributed by atoms with Gasteiger partial charge in [0.05, 0.1) is 23.4 Å². The second-order valence-electron chi connectivity index (χ2n) is 6.75. The third-order valence-corrected chi connectivity index (χ3v) is 7.16. The van der Waals surface area contributed by atoms with Crippen LogP contribution in [-0.4, -0.2) is 40.9 Å². The van der Waals surface area contributed by atoms with E-state index >= 15 is 0 Å². The Morgan fingerprint density at radius 3 is 2.74 bits per heavy atom. The number of amides is 3. The number of nitrogens with one attached hydrogen (secondary N) is 2. The van der Waals surface area contributed by atoms with Gasteiger partial charge in [0.2, 0.25) is 5.91 Å². The van der Waals surface area contributed by atoms with Crippen molar-refractivity contribution in [2.45, 2.75) is 37.6 Å². The largest absolute Gasteiger partial charge is 0.497 e. The lowest BCUT2D eigenvalue weighted by Crippen LogP contribution is -2.41. The summed E-state index contributed by atoms with van der Waals surface area (Å²) < 4.78 is 6.81. The lowest BCUT2D eigenvalue weighted by molar-refractivity contribution is -0.119. The molecule has 1 aromatic carbocycles. The van der Waals surface area contributed by atoms with Crippen molar-refractivity contribution in [1.29, 1.82) is 0 Å². The van der Waals surface area contributed by atoms with Crippen LogP contribution in [0.1, 0.15) is 24.3 Å². The molecule has 1 atom stereocenters. The highest BCUT2D eigenvalue weighted by molar-refractivity contribution is 8.00. The van der Waals surface area contributed by atoms with Crippen LogP contribution in [-0.2, 0) is 11.2 Å². The van der Waals surface area contributed by atoms with Gasteiger partial charge in [0.1, 0.15) is 10.6 Å². The minimum absolute atomic E-state index is 0.201. The number of urea groups is 1. The lowest BCUT2D eigenvalue weighted by Gasteiger charge is -2.16. The minimum Gasteiger partial charge on any atom is -0.497 e. The topological polar surface area (TPSA) is 102 Å². The summed E-state index contributed by atoms with van der Waals surface area (Å²) in [6.45, 7) is 5.63. The Kier molecular flexibility index (Phi) is 7.01. The number of nitrogens with zero attached hydrogens (tertiary/aromatic N) is 2. The van der Waals surface area contributed by atoms with E-state index in [0.717, 1.165) is 28.6 Å². The van der Waals surface area contributed by atoms with Crippen LogP contribution < -0.4 is 20.9 Å². The molecule has 0 radical (unpaired) electrons. The van der Waals surface area contributed by atoms with Gasteiger partial charge in [-0.25, -0.2) is 9.78 Å². The summed E-state index contributed by atoms with van der Waals surface area (Å²) in [6, 6.07) is 6.53. The maximum atomic E-state index is 13.6. The maximum absolute atomic E-state index is 13.6. The van der Waals surface area contributed by atoms with E-state index in [1.54, 1.807) is 38.3 Å². The summed E-state index contributed by atoms with van der Waals surface area (Å²) in [7, 11) is 2.99. The summed E-state index contributed by atoms with van der Waals surface area (Å²) in [5.74, 6) is 0.120. The van der Waals surface area contributed by atoms with Gasteiger partial charge < -0.3 is 10.1 Å². The molecule has 3 rings (SSSR count). The summed E-state index contributed by atoms with van der Waals surface area (Å²) in [5.41, 5.74) is 1.32. The summed E-state index contributed by atoms with van der Waals surface area (Å²) in [5, 5.41) is 4.90. The van der Waals surface area contributed by atoms with Gasteiger partial charge in [-0.15, -0.1) is 11.3 Å². The van der Waals surface area contributed by atoms with Gasteiger partial charge in [-0.2, -0.15) is 0 Å². The molecule has 31 heavy (non-hydrogen) atoms. The Morgan fingerprint density at radius 2 is 2.10 bits per heavy atom. The first-order valence-electron chi connectivity index (χ1n) is 9.69. The lowest BCUT2D eigenvalue weighted by atomic mass is 10.2. The van der Waals surface area contributed by atoms with Gasteiger partial charge in [-0.05, 0) is 38.0 Å². The van der Waals surface area contributed by atoms with Crippen molar-refractivity contribution in [2.24, 2.45) is 0 Å². The second kappa shape index (κ2) is 9.52. The van der Waals surface area contributed by atoms with Gasteiger partial charge in [-0.3, -0.25) is 19.5 Å². The van der Waals surface area contributed by atoms with Crippen LogP contribution in [0.5, 0.6) is 5.75 Å². The number of thiophene rings is 1. The Bertz CT molecular complexity index is 1200. The molecule has 10 heteroatoms. The third-order valence-electron chi connectivity index (χ3n) is 4.78. The molecule has 2 N–H and O–H groups in total. The summed E-state index contributed by atoms with van der Waals surface area (Å²) in [4.78, 5) is 44.0. The molecule has 0 aliphatic heterocycles. The molecular formula is C21H24N4O4S2. The quantitative estimate of drug-likeness (QED) is 0.432. The first-order valence-corrected chi connectivity index (χ1v) is 11.4. The number of ether oxygens (including phenoxy) is 1. The molecule has 1 unspecified atom stereocenters. The number of hydrogen-bond donors (Lipinski definition) is 2. The SMILES string of the molecule is CCc1sc2nc(SC(C)C(=O)NC(=O)NC)n(-c3cccc(OC)c3)c(=O)c2c1C. The van der Waals surface area contributed by atoms with Crippen LogP contribution in [0.3, 0.4) is 0 Å². The van der Waals surface area contributed by atoms with E-state index in [1.165, 1.54) is 23.0 Å². The zero-order valence-electron chi connectivity index (χ0n) is 17.9. The number of imide groups is 1. The number of aromatic nitrogens is 2. The smallest absolute Gasteiger partial charge is 0.321 e. The zero-order chi connectivity index (χ0) is 22.7. The molecule has 2 heterocycles. The van der Waals surface area contributed by atoms with Crippen LogP contribution in [0.2, 0.25) is 0 Å². The van der Waals surface area contributed by atoms with E-state index in [0.29, 0.717) is 26.8 Å². The molecular weight excluding hydrogens is 436 g/mol. The number of benzene rings is 1. The van der Waals surface area contributed by atoms with E-state index in [1.807, 2.05) is 13.8 Å². The van der Waals surface area contributed by atoms with Gasteiger partial charge in [0.15, 0.2) is 5.16 Å². The summed E-state index contributed by atoms with van der Waals surface area (Å²) in [6.07, 6.45) is 0.804. The third kappa shape index (κ3) is 4.59. The van der Waals surface area contributed by atoms with Crippen molar-refractivity contribution in [1.82, 2.24) is 20.2 Å². The molecule has 0 aliphatic rings. The highest BCUT2D eigenvalue weighted by atomic mass is 32.2. The Balaban J connectivity index is 2.17. The molecule has 0 bridgehead atoms. The van der Waals surface area contributed by atoms with E-state index in [2.05, 4.69) is 10.6 Å². The van der Waals surface area contributed by atoms with Crippen LogP contribution in [0.15, 0.2) is 34.2 Å². The average molecular weight is 461 g/mol. The molecule has 8 nitrogen and oxygen atoms in total. The number of hydrogen-bond acceptors (Lipinski definition) is 7. The molecule has 0 saturated carbocycles. The van der Waals surface area contributed by atoms with E-state index in [-0.39, 0.29) is 5.56 Å². The Labute approximate surface area is 188 Å². The van der Waals surface area contributed by atoms with Crippen molar-refractivity contribution >= 4 is 45.3 Å². The number of methoxy groups -OCH3 is 1. The van der Waals surface area contributed by atoms with Gasteiger partial charge in [0, 0.05) is 18.0 Å². The van der Waals surface area contributed by atoms with Crippen LogP contribution in [0.25, 0.3) is 15.9 Å². The van der Waals surface area contributed by atoms with Crippen LogP contribution in [0.4, 0.5) is 4.79 Å². The fraction of sp³-hybridized carbons (Fsp3) is 0.333. The van der Waals surface area contributed by atoms with Crippen molar-refractivity contribution in [3.05, 3.63) is 45.1 Å². The minimum atomic E-state index is -0.662. The standard InChI is InChI=1S/C21H24N4O4S2/c1-6-15-11(2)16-18(31-15)24-21(30-12(3)17(26)23-20(28)22-4)25(19(16)27)13-8-7-9-14(10-13)29-5/h7-10,12H,6H2,1-5H3,(H2,22,23,26,28). The van der Waals surface area contributed by atoms with E-state index in [9.17, 15) is 14.4 Å². The number of fused-ring (bicyclic) bond motifs is 1. The van der Waals surface area contributed by atoms with Gasteiger partial charge in [0.25, 0.3) is 5.56 Å². The van der Waals surface area contributed by atoms with E-state index in [4.69, 9.17) is 9.72 Å². The van der Waals surface area contributed by atoms with Gasteiger partial charge >= 0.3 is 6.03 Å². The molecule has 164 valence electrons. The highest BCUT2D eigenvalue weighted by Crippen LogP contribution is 2.32. The number of carbonyl (C=O) groups excluding carboxylic acids is 2. The van der Waals surface area contributed by atoms with E-state index < -0.39 is 17.2 Å². The Morgan fingerprint density at radius 1 is 1.35 bits per heavy atom. The molecule has 0 saturated heterocycles. The van der Waals surface area contributed by atoms with Crippen LogP contribution >= 0.6 is 23.1 Å². The first-order chi connectivity index (χ1) is 14.8. The molecule has 0 aliphatic carbocycles. The maximum Gasteiger partial charge on any atom is 0.321 e. The Hall–Kier alpha value is -2.85. The van der Waals surface area contributed by atoms with Gasteiger partial charge in [-0.1, -0.05) is 24.8 Å². The van der Waals surface area contributed by atoms with Crippen molar-refractivity contribution in [3.8, 4) is 11.4 Å². The van der Waals surface area contributed by atoms with Crippen LogP contribution in [0, 0.1) is 6.92 Å².